The lowest BCUT2D eigenvalue weighted by Gasteiger charge is -2.30. The molecule has 140 valence electrons. The zero-order valence-electron chi connectivity index (χ0n) is 15.8. The van der Waals surface area contributed by atoms with Crippen LogP contribution < -0.4 is 11.1 Å². The molecule has 5 heteroatoms. The first-order valence-electron chi connectivity index (χ1n) is 10.1. The molecule has 0 saturated carbocycles. The Labute approximate surface area is 148 Å². The second kappa shape index (κ2) is 10.4. The molecule has 2 saturated heterocycles. The minimum Gasteiger partial charge on any atom is -0.341 e. The first-order valence-corrected chi connectivity index (χ1v) is 10.1. The van der Waals surface area contributed by atoms with E-state index in [2.05, 4.69) is 29.0 Å². The molecule has 1 amide bonds. The number of nitrogens with two attached hydrogens (primary N) is 1. The predicted octanol–water partition coefficient (Wildman–Crippen LogP) is 1.82. The van der Waals surface area contributed by atoms with Crippen LogP contribution in [-0.4, -0.2) is 67.1 Å². The molecule has 0 radical (unpaired) electrons. The van der Waals surface area contributed by atoms with Crippen molar-refractivity contribution in [3.05, 3.63) is 0 Å². The van der Waals surface area contributed by atoms with Gasteiger partial charge in [-0.05, 0) is 44.7 Å². The molecule has 1 unspecified atom stereocenters. The van der Waals surface area contributed by atoms with Crippen molar-refractivity contribution in [2.45, 2.75) is 70.9 Å². The van der Waals surface area contributed by atoms with E-state index in [0.29, 0.717) is 18.4 Å². The quantitative estimate of drug-likeness (QED) is 0.709. The first-order chi connectivity index (χ1) is 11.7. The van der Waals surface area contributed by atoms with Gasteiger partial charge >= 0.3 is 0 Å². The molecule has 3 N–H and O–H groups in total. The number of hydrogen-bond acceptors (Lipinski definition) is 4. The number of carbonyl (C=O) groups is 1. The van der Waals surface area contributed by atoms with Crippen LogP contribution in [0.3, 0.4) is 0 Å². The lowest BCUT2D eigenvalue weighted by Crippen LogP contribution is -2.49. The van der Waals surface area contributed by atoms with Gasteiger partial charge in [-0.1, -0.05) is 33.1 Å². The molecule has 0 aromatic carbocycles. The number of nitrogens with zero attached hydrogens (tertiary/aromatic N) is 2. The molecule has 2 rings (SSSR count). The van der Waals surface area contributed by atoms with Gasteiger partial charge in [-0.3, -0.25) is 4.79 Å². The second-order valence-electron chi connectivity index (χ2n) is 7.60. The molecule has 0 spiro atoms. The maximum atomic E-state index is 13.1. The summed E-state index contributed by atoms with van der Waals surface area (Å²) in [6.45, 7) is 10.2. The Bertz CT molecular complexity index is 366. The third-order valence-corrected chi connectivity index (χ3v) is 5.89. The average molecular weight is 339 g/mol. The number of rotatable bonds is 8. The maximum absolute atomic E-state index is 13.1. The summed E-state index contributed by atoms with van der Waals surface area (Å²) >= 11 is 0. The van der Waals surface area contributed by atoms with E-state index in [-0.39, 0.29) is 12.1 Å². The molecule has 2 fully saturated rings. The van der Waals surface area contributed by atoms with E-state index in [9.17, 15) is 4.79 Å². The van der Waals surface area contributed by atoms with Gasteiger partial charge in [-0.2, -0.15) is 0 Å². The van der Waals surface area contributed by atoms with Gasteiger partial charge in [-0.15, -0.1) is 0 Å². The Morgan fingerprint density at radius 3 is 2.50 bits per heavy atom. The van der Waals surface area contributed by atoms with E-state index in [1.54, 1.807) is 0 Å². The number of hydrogen-bond donors (Lipinski definition) is 2. The van der Waals surface area contributed by atoms with E-state index in [0.717, 1.165) is 45.3 Å². The van der Waals surface area contributed by atoms with Gasteiger partial charge in [0.25, 0.3) is 0 Å². The van der Waals surface area contributed by atoms with E-state index in [1.807, 2.05) is 0 Å². The summed E-state index contributed by atoms with van der Waals surface area (Å²) in [7, 11) is 0. The highest BCUT2D eigenvalue weighted by atomic mass is 16.2. The van der Waals surface area contributed by atoms with Gasteiger partial charge in [0, 0.05) is 32.2 Å². The topological polar surface area (TPSA) is 61.6 Å². The van der Waals surface area contributed by atoms with Crippen molar-refractivity contribution in [3.63, 3.8) is 0 Å². The maximum Gasteiger partial charge on any atom is 0.239 e. The zero-order valence-corrected chi connectivity index (χ0v) is 15.8. The summed E-state index contributed by atoms with van der Waals surface area (Å²) in [5.41, 5.74) is 5.92. The molecule has 0 aliphatic carbocycles. The van der Waals surface area contributed by atoms with Gasteiger partial charge in [0.1, 0.15) is 0 Å². The van der Waals surface area contributed by atoms with Crippen LogP contribution in [0.1, 0.15) is 58.8 Å². The fraction of sp³-hybridized carbons (Fsp3) is 0.947. The zero-order chi connectivity index (χ0) is 17.4. The summed E-state index contributed by atoms with van der Waals surface area (Å²) in [4.78, 5) is 17.7. The highest BCUT2D eigenvalue weighted by molar-refractivity contribution is 5.82. The number of piperidine rings is 1. The Morgan fingerprint density at radius 1 is 1.17 bits per heavy atom. The van der Waals surface area contributed by atoms with Crippen LogP contribution in [0.5, 0.6) is 0 Å². The third kappa shape index (κ3) is 5.71. The number of carbonyl (C=O) groups excluding carboxylic acids is 1. The van der Waals surface area contributed by atoms with Gasteiger partial charge in [0.2, 0.25) is 5.91 Å². The van der Waals surface area contributed by atoms with Crippen molar-refractivity contribution in [2.75, 3.05) is 39.3 Å². The van der Waals surface area contributed by atoms with Crippen LogP contribution in [-0.2, 0) is 4.79 Å². The minimum absolute atomic E-state index is 0.0580. The van der Waals surface area contributed by atoms with Crippen LogP contribution in [0.4, 0.5) is 0 Å². The standard InChI is InChI=1S/C19H38N4O/c1-3-16(4-2)15-23-13-8-17(14-20)21-18(19(23)24)9-12-22-10-6-5-7-11-22/h16-18,21H,3-15,20H2,1-2H3/t17?,18-/m0/s1. The highest BCUT2D eigenvalue weighted by Crippen LogP contribution is 2.17. The normalized spacial score (nSPS) is 26.8. The Balaban J connectivity index is 1.95. The average Bonchev–Trinajstić information content (AvgIpc) is 2.78. The number of amides is 1. The Morgan fingerprint density at radius 2 is 1.88 bits per heavy atom. The molecule has 2 atom stereocenters. The van der Waals surface area contributed by atoms with Gasteiger partial charge in [-0.25, -0.2) is 0 Å². The molecule has 2 aliphatic rings. The molecule has 0 bridgehead atoms. The van der Waals surface area contributed by atoms with Crippen LogP contribution >= 0.6 is 0 Å². The van der Waals surface area contributed by atoms with Crippen molar-refractivity contribution in [1.29, 1.82) is 0 Å². The Kier molecular flexibility index (Phi) is 8.50. The van der Waals surface area contributed by atoms with Crippen molar-refractivity contribution in [3.8, 4) is 0 Å². The predicted molar refractivity (Wildman–Crippen MR) is 99.9 cm³/mol. The fourth-order valence-electron chi connectivity index (χ4n) is 4.01. The van der Waals surface area contributed by atoms with Crippen LogP contribution in [0, 0.1) is 5.92 Å². The van der Waals surface area contributed by atoms with E-state index >= 15 is 0 Å². The lowest BCUT2D eigenvalue weighted by atomic mass is 10.0. The van der Waals surface area contributed by atoms with Crippen molar-refractivity contribution in [1.82, 2.24) is 15.1 Å². The van der Waals surface area contributed by atoms with Gasteiger partial charge in [0.05, 0.1) is 6.04 Å². The molecular formula is C19H38N4O. The Hall–Kier alpha value is -0.650. The van der Waals surface area contributed by atoms with E-state index < -0.39 is 0 Å². The number of nitrogens with one attached hydrogen (secondary N) is 1. The SMILES string of the molecule is CCC(CC)CN1CCC(CN)N[C@@H](CCN2CCCCC2)C1=O. The minimum atomic E-state index is -0.0580. The molecule has 5 nitrogen and oxygen atoms in total. The van der Waals surface area contributed by atoms with E-state index in [1.165, 1.54) is 32.4 Å². The van der Waals surface area contributed by atoms with Crippen molar-refractivity contribution in [2.24, 2.45) is 11.7 Å². The lowest BCUT2D eigenvalue weighted by molar-refractivity contribution is -0.133. The fourth-order valence-corrected chi connectivity index (χ4v) is 4.01. The summed E-state index contributed by atoms with van der Waals surface area (Å²) < 4.78 is 0. The van der Waals surface area contributed by atoms with Crippen LogP contribution in [0.25, 0.3) is 0 Å². The summed E-state index contributed by atoms with van der Waals surface area (Å²) in [6, 6.07) is 0.212. The smallest absolute Gasteiger partial charge is 0.239 e. The summed E-state index contributed by atoms with van der Waals surface area (Å²) in [5.74, 6) is 0.918. The first kappa shape index (κ1) is 19.7. The van der Waals surface area contributed by atoms with Crippen LogP contribution in [0.2, 0.25) is 0 Å². The molecule has 0 aromatic rings. The monoisotopic (exact) mass is 338 g/mol. The van der Waals surface area contributed by atoms with Crippen molar-refractivity contribution >= 4 is 5.91 Å². The third-order valence-electron chi connectivity index (χ3n) is 5.89. The molecule has 2 aliphatic heterocycles. The highest BCUT2D eigenvalue weighted by Gasteiger charge is 2.31. The molecular weight excluding hydrogens is 300 g/mol. The molecule has 24 heavy (non-hydrogen) atoms. The molecule has 2 heterocycles. The second-order valence-corrected chi connectivity index (χ2v) is 7.60. The van der Waals surface area contributed by atoms with Gasteiger partial charge in [0.15, 0.2) is 0 Å². The van der Waals surface area contributed by atoms with Crippen LogP contribution in [0.15, 0.2) is 0 Å². The molecule has 0 aromatic heterocycles. The summed E-state index contributed by atoms with van der Waals surface area (Å²) in [6.07, 6.45) is 8.14. The number of likely N-dealkylation sites (tertiary alicyclic amines) is 1. The van der Waals surface area contributed by atoms with Crippen molar-refractivity contribution < 1.29 is 4.79 Å². The summed E-state index contributed by atoms with van der Waals surface area (Å²) in [5, 5.41) is 3.55. The van der Waals surface area contributed by atoms with Gasteiger partial charge < -0.3 is 20.9 Å². The van der Waals surface area contributed by atoms with E-state index in [4.69, 9.17) is 5.73 Å². The largest absolute Gasteiger partial charge is 0.341 e.